The van der Waals surface area contributed by atoms with Crippen molar-refractivity contribution in [1.29, 1.82) is 0 Å². The third-order valence-electron chi connectivity index (χ3n) is 3.45. The molecule has 1 unspecified atom stereocenters. The Balaban J connectivity index is 1.94. The maximum Gasteiger partial charge on any atom is 0.416 e. The first kappa shape index (κ1) is 15.6. The Morgan fingerprint density at radius 3 is 2.62 bits per heavy atom. The van der Waals surface area contributed by atoms with Gasteiger partial charge in [-0.25, -0.2) is 0 Å². The molecule has 1 aromatic rings. The van der Waals surface area contributed by atoms with Crippen LogP contribution in [0.15, 0.2) is 36.4 Å². The molecule has 1 amide bonds. The van der Waals surface area contributed by atoms with Crippen molar-refractivity contribution >= 4 is 5.91 Å². The van der Waals surface area contributed by atoms with Crippen LogP contribution in [0.1, 0.15) is 30.1 Å². The Bertz CT molecular complexity index is 532. The number of nitrogens with one attached hydrogen (secondary N) is 1. The number of hydrogen-bond donors (Lipinski definition) is 2. The summed E-state index contributed by atoms with van der Waals surface area (Å²) in [7, 11) is 0. The molecule has 0 saturated carbocycles. The first-order valence-corrected chi connectivity index (χ1v) is 6.66. The maximum absolute atomic E-state index is 12.6. The summed E-state index contributed by atoms with van der Waals surface area (Å²) in [6.07, 6.45) is -0.475. The molecule has 3 nitrogen and oxygen atoms in total. The molecular formula is C15H16F3NO2. The number of halogens is 3. The highest BCUT2D eigenvalue weighted by Crippen LogP contribution is 2.30. The van der Waals surface area contributed by atoms with Crippen LogP contribution < -0.4 is 5.32 Å². The molecule has 1 aliphatic rings. The monoisotopic (exact) mass is 299 g/mol. The summed E-state index contributed by atoms with van der Waals surface area (Å²) in [4.78, 5) is 11.8. The van der Waals surface area contributed by atoms with Gasteiger partial charge in [0.05, 0.1) is 11.7 Å². The zero-order chi connectivity index (χ0) is 15.5. The number of amides is 1. The minimum absolute atomic E-state index is 0.101. The summed E-state index contributed by atoms with van der Waals surface area (Å²) in [5.74, 6) is -0.329. The third kappa shape index (κ3) is 4.07. The van der Waals surface area contributed by atoms with E-state index in [9.17, 15) is 23.1 Å². The molecule has 2 N–H and O–H groups in total. The van der Waals surface area contributed by atoms with Gasteiger partial charge >= 0.3 is 6.18 Å². The Morgan fingerprint density at radius 1 is 1.33 bits per heavy atom. The quantitative estimate of drug-likeness (QED) is 0.840. The van der Waals surface area contributed by atoms with Gasteiger partial charge in [0.2, 0.25) is 5.91 Å². The van der Waals surface area contributed by atoms with Crippen LogP contribution in [0.3, 0.4) is 0 Å². The standard InChI is InChI=1S/C15H16F3NO2/c16-15(17,18)12-7-3-6-11(8-12)13(20)9-19-14(21)10-4-1-2-5-10/h1-3,6-8,10,13,20H,4-5,9H2,(H,19,21). The fourth-order valence-electron chi connectivity index (χ4n) is 2.21. The van der Waals surface area contributed by atoms with Gasteiger partial charge in [-0.2, -0.15) is 13.2 Å². The molecule has 1 aromatic carbocycles. The molecule has 1 aliphatic carbocycles. The molecule has 21 heavy (non-hydrogen) atoms. The molecule has 0 heterocycles. The van der Waals surface area contributed by atoms with Crippen LogP contribution in [0, 0.1) is 5.92 Å². The van der Waals surface area contributed by atoms with Crippen LogP contribution in [0.4, 0.5) is 13.2 Å². The number of allylic oxidation sites excluding steroid dienone is 2. The van der Waals surface area contributed by atoms with Crippen LogP contribution in [0.5, 0.6) is 0 Å². The highest BCUT2D eigenvalue weighted by molar-refractivity contribution is 5.79. The van der Waals surface area contributed by atoms with E-state index in [1.165, 1.54) is 12.1 Å². The first-order chi connectivity index (χ1) is 9.88. The van der Waals surface area contributed by atoms with Crippen LogP contribution in [0.2, 0.25) is 0 Å². The fourth-order valence-corrected chi connectivity index (χ4v) is 2.21. The number of carbonyl (C=O) groups is 1. The summed E-state index contributed by atoms with van der Waals surface area (Å²) in [5.41, 5.74) is -0.681. The number of benzene rings is 1. The molecular weight excluding hydrogens is 283 g/mol. The topological polar surface area (TPSA) is 49.3 Å². The van der Waals surface area contributed by atoms with E-state index >= 15 is 0 Å². The van der Waals surface area contributed by atoms with Gasteiger partial charge < -0.3 is 10.4 Å². The lowest BCUT2D eigenvalue weighted by atomic mass is 10.0. The van der Waals surface area contributed by atoms with Crippen molar-refractivity contribution in [3.63, 3.8) is 0 Å². The molecule has 0 radical (unpaired) electrons. The molecule has 0 aromatic heterocycles. The van der Waals surface area contributed by atoms with Crippen LogP contribution in [-0.4, -0.2) is 17.6 Å². The second-order valence-electron chi connectivity index (χ2n) is 5.02. The summed E-state index contributed by atoms with van der Waals surface area (Å²) < 4.78 is 37.8. The predicted molar refractivity (Wildman–Crippen MR) is 71.3 cm³/mol. The lowest BCUT2D eigenvalue weighted by Crippen LogP contribution is -2.33. The van der Waals surface area contributed by atoms with Gasteiger partial charge in [0.25, 0.3) is 0 Å². The van der Waals surface area contributed by atoms with E-state index in [0.717, 1.165) is 12.1 Å². The van der Waals surface area contributed by atoms with E-state index in [1.807, 2.05) is 12.2 Å². The van der Waals surface area contributed by atoms with Gasteiger partial charge in [0.15, 0.2) is 0 Å². The van der Waals surface area contributed by atoms with Crippen molar-refractivity contribution < 1.29 is 23.1 Å². The van der Waals surface area contributed by atoms with E-state index in [1.54, 1.807) is 0 Å². The van der Waals surface area contributed by atoms with Crippen molar-refractivity contribution in [2.24, 2.45) is 5.92 Å². The van der Waals surface area contributed by atoms with Crippen LogP contribution in [0.25, 0.3) is 0 Å². The molecule has 6 heteroatoms. The Kier molecular flexibility index (Phi) is 4.67. The average molecular weight is 299 g/mol. The summed E-state index contributed by atoms with van der Waals surface area (Å²) in [6, 6.07) is 4.49. The summed E-state index contributed by atoms with van der Waals surface area (Å²) >= 11 is 0. The first-order valence-electron chi connectivity index (χ1n) is 6.66. The largest absolute Gasteiger partial charge is 0.416 e. The van der Waals surface area contributed by atoms with Crippen molar-refractivity contribution in [2.75, 3.05) is 6.54 Å². The van der Waals surface area contributed by atoms with Crippen molar-refractivity contribution in [1.82, 2.24) is 5.32 Å². The fraction of sp³-hybridized carbons (Fsp3) is 0.400. The van der Waals surface area contributed by atoms with Gasteiger partial charge in [-0.1, -0.05) is 24.3 Å². The zero-order valence-corrected chi connectivity index (χ0v) is 11.2. The Hall–Kier alpha value is -1.82. The van der Waals surface area contributed by atoms with E-state index in [0.29, 0.717) is 12.8 Å². The summed E-state index contributed by atoms with van der Waals surface area (Å²) in [5, 5.41) is 12.5. The van der Waals surface area contributed by atoms with Gasteiger partial charge in [-0.3, -0.25) is 4.79 Å². The van der Waals surface area contributed by atoms with Gasteiger partial charge in [-0.15, -0.1) is 0 Å². The highest BCUT2D eigenvalue weighted by Gasteiger charge is 2.31. The third-order valence-corrected chi connectivity index (χ3v) is 3.45. The molecule has 1 atom stereocenters. The molecule has 0 fully saturated rings. The number of rotatable bonds is 4. The molecule has 0 saturated heterocycles. The van der Waals surface area contributed by atoms with Crippen LogP contribution in [-0.2, 0) is 11.0 Å². The van der Waals surface area contributed by atoms with Gasteiger partial charge in [-0.05, 0) is 30.5 Å². The molecule has 0 spiro atoms. The van der Waals surface area contributed by atoms with Gasteiger partial charge in [0.1, 0.15) is 0 Å². The maximum atomic E-state index is 12.6. The Morgan fingerprint density at radius 2 is 2.00 bits per heavy atom. The second kappa shape index (κ2) is 6.30. The lowest BCUT2D eigenvalue weighted by Gasteiger charge is -2.16. The van der Waals surface area contributed by atoms with Crippen molar-refractivity contribution in [3.05, 3.63) is 47.5 Å². The predicted octanol–water partition coefficient (Wildman–Crippen LogP) is 2.82. The van der Waals surface area contributed by atoms with Crippen LogP contribution >= 0.6 is 0 Å². The smallest absolute Gasteiger partial charge is 0.387 e. The minimum atomic E-state index is -4.45. The van der Waals surface area contributed by atoms with Crippen molar-refractivity contribution in [3.8, 4) is 0 Å². The molecule has 0 aliphatic heterocycles. The Labute approximate surface area is 120 Å². The highest BCUT2D eigenvalue weighted by atomic mass is 19.4. The summed E-state index contributed by atoms with van der Waals surface area (Å²) in [6.45, 7) is -0.101. The number of carbonyl (C=O) groups excluding carboxylic acids is 1. The van der Waals surface area contributed by atoms with Gasteiger partial charge in [0, 0.05) is 12.5 Å². The molecule has 0 bridgehead atoms. The minimum Gasteiger partial charge on any atom is -0.387 e. The average Bonchev–Trinajstić information content (AvgIpc) is 2.98. The second-order valence-corrected chi connectivity index (χ2v) is 5.02. The SMILES string of the molecule is O=C(NCC(O)c1cccc(C(F)(F)F)c1)C1CC=CC1. The number of alkyl halides is 3. The van der Waals surface area contributed by atoms with E-state index in [4.69, 9.17) is 0 Å². The molecule has 2 rings (SSSR count). The number of aliphatic hydroxyl groups excluding tert-OH is 1. The lowest BCUT2D eigenvalue weighted by molar-refractivity contribution is -0.137. The van der Waals surface area contributed by atoms with E-state index < -0.39 is 17.8 Å². The van der Waals surface area contributed by atoms with E-state index in [-0.39, 0.29) is 23.9 Å². The zero-order valence-electron chi connectivity index (χ0n) is 11.2. The normalized spacial score (nSPS) is 17.0. The van der Waals surface area contributed by atoms with E-state index in [2.05, 4.69) is 5.32 Å². The van der Waals surface area contributed by atoms with Crippen molar-refractivity contribution in [2.45, 2.75) is 25.1 Å². The molecule has 114 valence electrons. The number of hydrogen-bond acceptors (Lipinski definition) is 2. The number of aliphatic hydroxyl groups is 1.